The Kier molecular flexibility index (Phi) is 5.36. The van der Waals surface area contributed by atoms with Gasteiger partial charge >= 0.3 is 0 Å². The van der Waals surface area contributed by atoms with Crippen molar-refractivity contribution in [2.45, 2.75) is 4.90 Å². The van der Waals surface area contributed by atoms with Gasteiger partial charge in [0.25, 0.3) is 15.9 Å². The normalized spacial score (nSPS) is 11.0. The molecule has 0 saturated heterocycles. The topological polar surface area (TPSA) is 86.7 Å². The minimum atomic E-state index is -3.69. The monoisotopic (exact) mass is 334 g/mol. The summed E-state index contributed by atoms with van der Waals surface area (Å²) in [6.07, 6.45) is 0. The van der Waals surface area contributed by atoms with Gasteiger partial charge in [0.2, 0.25) is 0 Å². The maximum Gasteiger partial charge on any atom is 0.264 e. The zero-order valence-electron chi connectivity index (χ0n) is 12.6. The van der Waals surface area contributed by atoms with Crippen molar-refractivity contribution >= 4 is 21.6 Å². The Morgan fingerprint density at radius 3 is 2.26 bits per heavy atom. The molecule has 0 fully saturated rings. The van der Waals surface area contributed by atoms with Gasteiger partial charge in [0.15, 0.2) is 0 Å². The van der Waals surface area contributed by atoms with Crippen LogP contribution in [0.4, 0.5) is 5.69 Å². The SMILES string of the molecule is CN(c1ccccc1)S(=O)(=O)c1ccc(C(=O)NCCO)cc1. The number of carbonyl (C=O) groups excluding carboxylic acids is 1. The van der Waals surface area contributed by atoms with Crippen molar-refractivity contribution in [1.29, 1.82) is 0 Å². The van der Waals surface area contributed by atoms with Crippen LogP contribution < -0.4 is 9.62 Å². The molecule has 2 rings (SSSR count). The molecule has 0 spiro atoms. The van der Waals surface area contributed by atoms with E-state index in [2.05, 4.69) is 5.32 Å². The van der Waals surface area contributed by atoms with Crippen LogP contribution in [0.25, 0.3) is 0 Å². The molecule has 0 bridgehead atoms. The standard InChI is InChI=1S/C16H18N2O4S/c1-18(14-5-3-2-4-6-14)23(21,22)15-9-7-13(8-10-15)16(20)17-11-12-19/h2-10,19H,11-12H2,1H3,(H,17,20). The molecule has 6 nitrogen and oxygen atoms in total. The average molecular weight is 334 g/mol. The zero-order valence-corrected chi connectivity index (χ0v) is 13.5. The van der Waals surface area contributed by atoms with E-state index in [4.69, 9.17) is 5.11 Å². The number of anilines is 1. The van der Waals surface area contributed by atoms with Crippen LogP contribution >= 0.6 is 0 Å². The molecule has 0 aliphatic carbocycles. The lowest BCUT2D eigenvalue weighted by Gasteiger charge is -2.19. The lowest BCUT2D eigenvalue weighted by atomic mass is 10.2. The Balaban J connectivity index is 2.22. The van der Waals surface area contributed by atoms with Crippen molar-refractivity contribution in [2.24, 2.45) is 0 Å². The Bertz CT molecular complexity index is 758. The van der Waals surface area contributed by atoms with Crippen LogP contribution in [0.2, 0.25) is 0 Å². The smallest absolute Gasteiger partial charge is 0.264 e. The highest BCUT2D eigenvalue weighted by atomic mass is 32.2. The number of nitrogens with one attached hydrogen (secondary N) is 1. The Hall–Kier alpha value is -2.38. The number of aliphatic hydroxyl groups excluding tert-OH is 1. The van der Waals surface area contributed by atoms with Crippen LogP contribution in [0.3, 0.4) is 0 Å². The quantitative estimate of drug-likeness (QED) is 0.832. The minimum Gasteiger partial charge on any atom is -0.395 e. The average Bonchev–Trinajstić information content (AvgIpc) is 2.59. The lowest BCUT2D eigenvalue weighted by Crippen LogP contribution is -2.27. The molecule has 0 aromatic heterocycles. The molecule has 0 atom stereocenters. The first-order chi connectivity index (χ1) is 11.0. The first-order valence-electron chi connectivity index (χ1n) is 7.00. The third-order valence-corrected chi connectivity index (χ3v) is 5.09. The Morgan fingerprint density at radius 2 is 1.70 bits per heavy atom. The maximum atomic E-state index is 12.6. The van der Waals surface area contributed by atoms with Crippen molar-refractivity contribution in [3.63, 3.8) is 0 Å². The number of rotatable bonds is 6. The van der Waals surface area contributed by atoms with Crippen LogP contribution in [0.5, 0.6) is 0 Å². The fourth-order valence-corrected chi connectivity index (χ4v) is 3.18. The maximum absolute atomic E-state index is 12.6. The second-order valence-corrected chi connectivity index (χ2v) is 6.78. The minimum absolute atomic E-state index is 0.0996. The highest BCUT2D eigenvalue weighted by Crippen LogP contribution is 2.21. The summed E-state index contributed by atoms with van der Waals surface area (Å²) in [6, 6.07) is 14.4. The van der Waals surface area contributed by atoms with Crippen molar-refractivity contribution in [2.75, 3.05) is 24.5 Å². The summed E-state index contributed by atoms with van der Waals surface area (Å²) in [6.45, 7) is -0.00426. The van der Waals surface area contributed by atoms with E-state index in [-0.39, 0.29) is 24.0 Å². The van der Waals surface area contributed by atoms with E-state index in [9.17, 15) is 13.2 Å². The van der Waals surface area contributed by atoms with Crippen molar-refractivity contribution in [3.8, 4) is 0 Å². The summed E-state index contributed by atoms with van der Waals surface area (Å²) in [5, 5.41) is 11.2. The van der Waals surface area contributed by atoms with Gasteiger partial charge in [-0.25, -0.2) is 8.42 Å². The molecule has 7 heteroatoms. The van der Waals surface area contributed by atoms with Gasteiger partial charge in [-0.05, 0) is 36.4 Å². The number of benzene rings is 2. The molecular formula is C16H18N2O4S. The fourth-order valence-electron chi connectivity index (χ4n) is 1.98. The summed E-state index contributed by atoms with van der Waals surface area (Å²) in [7, 11) is -2.21. The summed E-state index contributed by atoms with van der Waals surface area (Å²) >= 11 is 0. The van der Waals surface area contributed by atoms with E-state index in [0.29, 0.717) is 11.3 Å². The van der Waals surface area contributed by atoms with Gasteiger partial charge in [-0.2, -0.15) is 0 Å². The van der Waals surface area contributed by atoms with Gasteiger partial charge in [0, 0.05) is 19.2 Å². The first-order valence-corrected chi connectivity index (χ1v) is 8.44. The van der Waals surface area contributed by atoms with Crippen LogP contribution in [0.15, 0.2) is 59.5 Å². The van der Waals surface area contributed by atoms with Crippen molar-refractivity contribution in [1.82, 2.24) is 5.32 Å². The number of hydrogen-bond acceptors (Lipinski definition) is 4. The predicted octanol–water partition coefficient (Wildman–Crippen LogP) is 1.23. The van der Waals surface area contributed by atoms with Gasteiger partial charge < -0.3 is 10.4 Å². The predicted molar refractivity (Wildman–Crippen MR) is 87.9 cm³/mol. The summed E-state index contributed by atoms with van der Waals surface area (Å²) in [4.78, 5) is 11.8. The third-order valence-electron chi connectivity index (χ3n) is 3.29. The van der Waals surface area contributed by atoms with Gasteiger partial charge in [0.05, 0.1) is 17.2 Å². The largest absolute Gasteiger partial charge is 0.395 e. The second kappa shape index (κ2) is 7.26. The molecule has 0 unspecified atom stereocenters. The van der Waals surface area contributed by atoms with Crippen LogP contribution in [0, 0.1) is 0 Å². The van der Waals surface area contributed by atoms with E-state index in [1.807, 2.05) is 6.07 Å². The molecule has 0 radical (unpaired) electrons. The number of para-hydroxylation sites is 1. The van der Waals surface area contributed by atoms with E-state index >= 15 is 0 Å². The molecule has 0 saturated carbocycles. The van der Waals surface area contributed by atoms with Crippen LogP contribution in [-0.4, -0.2) is 39.6 Å². The summed E-state index contributed by atoms with van der Waals surface area (Å²) in [5.74, 6) is -0.362. The molecule has 1 amide bonds. The van der Waals surface area contributed by atoms with Crippen LogP contribution in [0.1, 0.15) is 10.4 Å². The molecule has 0 heterocycles. The Labute approximate surface area is 135 Å². The number of hydrogen-bond donors (Lipinski definition) is 2. The van der Waals surface area contributed by atoms with Crippen LogP contribution in [-0.2, 0) is 10.0 Å². The molecule has 0 aliphatic rings. The molecule has 2 aromatic rings. The first kappa shape index (κ1) is 17.0. The van der Waals surface area contributed by atoms with E-state index < -0.39 is 10.0 Å². The number of carbonyl (C=O) groups is 1. The third kappa shape index (κ3) is 3.88. The molecule has 122 valence electrons. The number of sulfonamides is 1. The van der Waals surface area contributed by atoms with Gasteiger partial charge in [0.1, 0.15) is 0 Å². The van der Waals surface area contributed by atoms with E-state index in [1.54, 1.807) is 24.3 Å². The van der Waals surface area contributed by atoms with Crippen molar-refractivity contribution < 1.29 is 18.3 Å². The van der Waals surface area contributed by atoms with Gasteiger partial charge in [-0.1, -0.05) is 18.2 Å². The zero-order chi connectivity index (χ0) is 16.9. The van der Waals surface area contributed by atoms with Crippen molar-refractivity contribution in [3.05, 3.63) is 60.2 Å². The highest BCUT2D eigenvalue weighted by Gasteiger charge is 2.21. The molecule has 23 heavy (non-hydrogen) atoms. The fraction of sp³-hybridized carbons (Fsp3) is 0.188. The summed E-state index contributed by atoms with van der Waals surface area (Å²) < 4.78 is 26.3. The number of aliphatic hydroxyl groups is 1. The van der Waals surface area contributed by atoms with Gasteiger partial charge in [-0.3, -0.25) is 9.10 Å². The second-order valence-electron chi connectivity index (χ2n) is 4.81. The molecule has 2 aromatic carbocycles. The summed E-state index contributed by atoms with van der Waals surface area (Å²) in [5.41, 5.74) is 0.886. The number of nitrogens with zero attached hydrogens (tertiary/aromatic N) is 1. The number of amides is 1. The lowest BCUT2D eigenvalue weighted by molar-refractivity contribution is 0.0944. The highest BCUT2D eigenvalue weighted by molar-refractivity contribution is 7.92. The van der Waals surface area contributed by atoms with Gasteiger partial charge in [-0.15, -0.1) is 0 Å². The van der Waals surface area contributed by atoms with E-state index in [0.717, 1.165) is 0 Å². The van der Waals surface area contributed by atoms with E-state index in [1.165, 1.54) is 35.6 Å². The Morgan fingerprint density at radius 1 is 1.09 bits per heavy atom. The molecule has 2 N–H and O–H groups in total. The molecule has 0 aliphatic heterocycles. The molecular weight excluding hydrogens is 316 g/mol.